The van der Waals surface area contributed by atoms with Crippen LogP contribution in [-0.4, -0.2) is 23.2 Å². The molecule has 1 aromatic heterocycles. The van der Waals surface area contributed by atoms with Crippen LogP contribution in [0.5, 0.6) is 0 Å². The van der Waals surface area contributed by atoms with E-state index in [0.717, 1.165) is 41.1 Å². The smallest absolute Gasteiger partial charge is 0.146 e. The Kier molecular flexibility index (Phi) is 3.79. The maximum Gasteiger partial charge on any atom is 0.146 e. The summed E-state index contributed by atoms with van der Waals surface area (Å²) in [6.45, 7) is 3.65. The first-order valence-corrected chi connectivity index (χ1v) is 6.38. The number of hydrogen-bond donors (Lipinski definition) is 0. The highest BCUT2D eigenvalue weighted by atomic mass is 127. The van der Waals surface area contributed by atoms with E-state index >= 15 is 0 Å². The van der Waals surface area contributed by atoms with Crippen LogP contribution in [0.4, 0.5) is 0 Å². The Morgan fingerprint density at radius 3 is 2.93 bits per heavy atom. The van der Waals surface area contributed by atoms with Crippen LogP contribution in [0, 0.1) is 16.4 Å². The topological polar surface area (TPSA) is 35.0 Å². The fourth-order valence-electron chi connectivity index (χ4n) is 1.67. The Morgan fingerprint density at radius 1 is 1.53 bits per heavy atom. The van der Waals surface area contributed by atoms with E-state index < -0.39 is 0 Å². The standard InChI is InChI=1S/C10H12ClIN2O/c1-6-9(12)10(11)14-8(13-6)4-7-2-3-15-5-7/h7H,2-5H2,1H3. The van der Waals surface area contributed by atoms with E-state index in [1.165, 1.54) is 0 Å². The Morgan fingerprint density at radius 2 is 2.33 bits per heavy atom. The maximum absolute atomic E-state index is 6.01. The summed E-state index contributed by atoms with van der Waals surface area (Å²) in [7, 11) is 0. The Bertz CT molecular complexity index is 343. The summed E-state index contributed by atoms with van der Waals surface area (Å²) in [4.78, 5) is 8.73. The highest BCUT2D eigenvalue weighted by Crippen LogP contribution is 2.21. The van der Waals surface area contributed by atoms with Crippen molar-refractivity contribution in [2.75, 3.05) is 13.2 Å². The molecule has 5 heteroatoms. The summed E-state index contributed by atoms with van der Waals surface area (Å²) in [5, 5.41) is 0.567. The summed E-state index contributed by atoms with van der Waals surface area (Å²) in [6, 6.07) is 0. The molecule has 0 N–H and O–H groups in total. The van der Waals surface area contributed by atoms with Gasteiger partial charge in [-0.15, -0.1) is 0 Å². The van der Waals surface area contributed by atoms with Crippen LogP contribution < -0.4 is 0 Å². The summed E-state index contributed by atoms with van der Waals surface area (Å²) in [5.74, 6) is 1.40. The first kappa shape index (κ1) is 11.5. The minimum atomic E-state index is 0.556. The van der Waals surface area contributed by atoms with Crippen molar-refractivity contribution < 1.29 is 4.74 Å². The lowest BCUT2D eigenvalue weighted by atomic mass is 10.1. The summed E-state index contributed by atoms with van der Waals surface area (Å²) >= 11 is 8.18. The fourth-order valence-corrected chi connectivity index (χ4v) is 2.15. The monoisotopic (exact) mass is 338 g/mol. The maximum atomic E-state index is 6.01. The van der Waals surface area contributed by atoms with Gasteiger partial charge >= 0.3 is 0 Å². The molecule has 2 heterocycles. The zero-order chi connectivity index (χ0) is 10.8. The van der Waals surface area contributed by atoms with Crippen molar-refractivity contribution in [3.63, 3.8) is 0 Å². The molecule has 15 heavy (non-hydrogen) atoms. The van der Waals surface area contributed by atoms with Crippen molar-refractivity contribution in [2.24, 2.45) is 5.92 Å². The van der Waals surface area contributed by atoms with Crippen LogP contribution in [0.15, 0.2) is 0 Å². The van der Waals surface area contributed by atoms with E-state index in [4.69, 9.17) is 16.3 Å². The van der Waals surface area contributed by atoms with Gasteiger partial charge in [0.15, 0.2) is 0 Å². The third-order valence-electron chi connectivity index (χ3n) is 2.52. The van der Waals surface area contributed by atoms with Gasteiger partial charge in [0.05, 0.1) is 9.26 Å². The van der Waals surface area contributed by atoms with Crippen LogP contribution in [0.2, 0.25) is 5.15 Å². The van der Waals surface area contributed by atoms with Crippen LogP contribution in [0.25, 0.3) is 0 Å². The second-order valence-corrected chi connectivity index (χ2v) is 5.20. The zero-order valence-electron chi connectivity index (χ0n) is 8.46. The Hall–Kier alpha value is 0.0600. The molecular formula is C10H12ClIN2O. The van der Waals surface area contributed by atoms with Crippen molar-refractivity contribution >= 4 is 34.2 Å². The van der Waals surface area contributed by atoms with Gasteiger partial charge in [-0.25, -0.2) is 9.97 Å². The van der Waals surface area contributed by atoms with E-state index in [-0.39, 0.29) is 0 Å². The predicted molar refractivity (Wildman–Crippen MR) is 67.1 cm³/mol. The molecule has 0 amide bonds. The quantitative estimate of drug-likeness (QED) is 0.614. The van der Waals surface area contributed by atoms with Gasteiger partial charge in [0.1, 0.15) is 11.0 Å². The summed E-state index contributed by atoms with van der Waals surface area (Å²) in [5.41, 5.74) is 0.963. The second kappa shape index (κ2) is 4.93. The van der Waals surface area contributed by atoms with E-state index in [1.54, 1.807) is 0 Å². The van der Waals surface area contributed by atoms with E-state index in [2.05, 4.69) is 32.6 Å². The molecule has 1 atom stereocenters. The van der Waals surface area contributed by atoms with Gasteiger partial charge in [0.25, 0.3) is 0 Å². The van der Waals surface area contributed by atoms with E-state index in [0.29, 0.717) is 11.1 Å². The van der Waals surface area contributed by atoms with Gasteiger partial charge in [-0.3, -0.25) is 0 Å². The van der Waals surface area contributed by atoms with Crippen molar-refractivity contribution in [3.05, 3.63) is 20.2 Å². The number of aryl methyl sites for hydroxylation is 1. The minimum Gasteiger partial charge on any atom is -0.381 e. The van der Waals surface area contributed by atoms with Crippen LogP contribution >= 0.6 is 34.2 Å². The lowest BCUT2D eigenvalue weighted by Gasteiger charge is -2.08. The average molecular weight is 339 g/mol. The van der Waals surface area contributed by atoms with E-state index in [1.807, 2.05) is 6.92 Å². The lowest BCUT2D eigenvalue weighted by Crippen LogP contribution is -2.09. The molecule has 0 radical (unpaired) electrons. The molecule has 1 aliphatic rings. The first-order chi connectivity index (χ1) is 7.16. The molecule has 0 saturated carbocycles. The third kappa shape index (κ3) is 2.79. The molecule has 2 rings (SSSR count). The number of ether oxygens (including phenoxy) is 1. The summed E-state index contributed by atoms with van der Waals surface area (Å²) < 4.78 is 6.27. The number of halogens is 2. The fraction of sp³-hybridized carbons (Fsp3) is 0.600. The van der Waals surface area contributed by atoms with Gasteiger partial charge in [-0.2, -0.15) is 0 Å². The third-order valence-corrected chi connectivity index (χ3v) is 4.40. The molecule has 0 aliphatic carbocycles. The first-order valence-electron chi connectivity index (χ1n) is 4.93. The van der Waals surface area contributed by atoms with Crippen molar-refractivity contribution in [2.45, 2.75) is 19.8 Å². The molecule has 0 bridgehead atoms. The van der Waals surface area contributed by atoms with Gasteiger partial charge in [-0.1, -0.05) is 11.6 Å². The Labute approximate surface area is 108 Å². The molecule has 3 nitrogen and oxygen atoms in total. The van der Waals surface area contributed by atoms with Crippen molar-refractivity contribution in [1.29, 1.82) is 0 Å². The Balaban J connectivity index is 2.14. The second-order valence-electron chi connectivity index (χ2n) is 3.76. The number of rotatable bonds is 2. The molecule has 1 aliphatic heterocycles. The van der Waals surface area contributed by atoms with Crippen LogP contribution in [-0.2, 0) is 11.2 Å². The SMILES string of the molecule is Cc1nc(CC2CCOC2)nc(Cl)c1I. The molecule has 82 valence electrons. The highest BCUT2D eigenvalue weighted by Gasteiger charge is 2.18. The molecule has 1 aromatic rings. The number of nitrogens with zero attached hydrogens (tertiary/aromatic N) is 2. The van der Waals surface area contributed by atoms with Crippen LogP contribution in [0.1, 0.15) is 17.9 Å². The zero-order valence-corrected chi connectivity index (χ0v) is 11.4. The normalized spacial score (nSPS) is 20.9. The molecule has 0 aromatic carbocycles. The highest BCUT2D eigenvalue weighted by molar-refractivity contribution is 14.1. The molecule has 1 unspecified atom stereocenters. The molecule has 1 fully saturated rings. The van der Waals surface area contributed by atoms with Gasteiger partial charge in [-0.05, 0) is 41.9 Å². The minimum absolute atomic E-state index is 0.556. The van der Waals surface area contributed by atoms with Crippen LogP contribution in [0.3, 0.4) is 0 Å². The van der Waals surface area contributed by atoms with Gasteiger partial charge < -0.3 is 4.74 Å². The molecule has 1 saturated heterocycles. The number of hydrogen-bond acceptors (Lipinski definition) is 3. The number of aromatic nitrogens is 2. The molecule has 0 spiro atoms. The summed E-state index contributed by atoms with van der Waals surface area (Å²) in [6.07, 6.45) is 1.98. The van der Waals surface area contributed by atoms with Crippen molar-refractivity contribution in [1.82, 2.24) is 9.97 Å². The molecular weight excluding hydrogens is 326 g/mol. The van der Waals surface area contributed by atoms with Crippen molar-refractivity contribution in [3.8, 4) is 0 Å². The lowest BCUT2D eigenvalue weighted by molar-refractivity contribution is 0.185. The average Bonchev–Trinajstić information content (AvgIpc) is 2.66. The largest absolute Gasteiger partial charge is 0.381 e. The predicted octanol–water partition coefficient (Wildman–Crippen LogP) is 2.62. The van der Waals surface area contributed by atoms with Gasteiger partial charge in [0.2, 0.25) is 0 Å². The van der Waals surface area contributed by atoms with E-state index in [9.17, 15) is 0 Å². The van der Waals surface area contributed by atoms with Gasteiger partial charge in [0, 0.05) is 19.6 Å².